The van der Waals surface area contributed by atoms with Crippen LogP contribution in [-0.2, 0) is 30.3 Å². The average Bonchev–Trinajstić information content (AvgIpc) is 3.47. The molecule has 33 heavy (non-hydrogen) atoms. The van der Waals surface area contributed by atoms with Gasteiger partial charge in [0.05, 0.1) is 25.8 Å². The third-order valence-corrected chi connectivity index (χ3v) is 4.99. The van der Waals surface area contributed by atoms with Crippen LogP contribution in [0, 0.1) is 0 Å². The Bertz CT molecular complexity index is 1250. The molecule has 15 nitrogen and oxygen atoms in total. The van der Waals surface area contributed by atoms with Gasteiger partial charge in [0.25, 0.3) is 0 Å². The lowest BCUT2D eigenvalue weighted by Crippen LogP contribution is -2.33. The molecule has 15 heteroatoms. The summed E-state index contributed by atoms with van der Waals surface area (Å²) in [5.41, 5.74) is 5.86. The number of hydrogen-bond acceptors (Lipinski definition) is 12. The van der Waals surface area contributed by atoms with Crippen LogP contribution < -0.4 is 11.4 Å². The number of nitrogens with zero attached hydrogens (tertiary/aromatic N) is 7. The number of tetrazole rings is 1. The van der Waals surface area contributed by atoms with Crippen LogP contribution in [0.2, 0.25) is 0 Å². The number of imidazole rings is 1. The van der Waals surface area contributed by atoms with Gasteiger partial charge in [-0.05, 0) is 16.5 Å². The second-order valence-corrected chi connectivity index (χ2v) is 7.20. The molecule has 1 fully saturated rings. The molecule has 0 amide bonds. The summed E-state index contributed by atoms with van der Waals surface area (Å²) in [6.45, 7) is 1.38. The van der Waals surface area contributed by atoms with E-state index in [1.807, 2.05) is 0 Å². The van der Waals surface area contributed by atoms with Crippen LogP contribution in [0.4, 0.5) is 5.95 Å². The number of aromatic nitrogens is 8. The van der Waals surface area contributed by atoms with Crippen LogP contribution in [-0.4, -0.2) is 71.0 Å². The molecule has 3 aromatic heterocycles. The van der Waals surface area contributed by atoms with Crippen LogP contribution >= 0.6 is 0 Å². The van der Waals surface area contributed by atoms with Gasteiger partial charge in [0, 0.05) is 19.9 Å². The van der Waals surface area contributed by atoms with Crippen LogP contribution in [0.15, 0.2) is 17.1 Å². The molecule has 1 saturated heterocycles. The number of fused-ring (bicyclic) bond motifs is 1. The molecule has 1 aliphatic rings. The Kier molecular flexibility index (Phi) is 6.12. The van der Waals surface area contributed by atoms with E-state index in [9.17, 15) is 14.4 Å². The van der Waals surface area contributed by atoms with Gasteiger partial charge in [0.2, 0.25) is 5.95 Å². The van der Waals surface area contributed by atoms with Crippen LogP contribution in [0.25, 0.3) is 17.2 Å². The highest BCUT2D eigenvalue weighted by atomic mass is 16.6. The van der Waals surface area contributed by atoms with E-state index < -0.39 is 36.1 Å². The SMILES string of the molecule is COC(=O)C[C@@H]1C[C@@H](OC(C)=O)[C@H](n2c(=O)n(C/C=C/c3nnn[nH]3)c3cnc(N)nc32)O1. The number of carbonyl (C=O) groups is 2. The van der Waals surface area contributed by atoms with E-state index in [1.165, 1.54) is 29.4 Å². The summed E-state index contributed by atoms with van der Waals surface area (Å²) in [6, 6.07) is 0. The fourth-order valence-corrected chi connectivity index (χ4v) is 3.65. The van der Waals surface area contributed by atoms with E-state index in [0.717, 1.165) is 0 Å². The number of aromatic amines is 1. The van der Waals surface area contributed by atoms with Crippen molar-refractivity contribution in [3.63, 3.8) is 0 Å². The highest BCUT2D eigenvalue weighted by Gasteiger charge is 2.42. The van der Waals surface area contributed by atoms with E-state index in [4.69, 9.17) is 19.9 Å². The number of rotatable bonds is 7. The lowest BCUT2D eigenvalue weighted by Gasteiger charge is -2.19. The zero-order chi connectivity index (χ0) is 23.5. The number of H-pyrrole nitrogens is 1. The smallest absolute Gasteiger partial charge is 0.332 e. The number of anilines is 1. The fourth-order valence-electron chi connectivity index (χ4n) is 3.65. The molecule has 3 aromatic rings. The standard InChI is InChI=1S/C18H21N9O6/c1-9(28)32-12-6-10(7-14(29)31-2)33-16(12)27-15-11(8-20-17(19)21-15)26(18(27)30)5-3-4-13-22-24-25-23-13/h3-4,8,10,12,16H,5-7H2,1-2H3,(H2,19,20,21)(H,22,23,24,25)/b4-3+/t10-,12+,16+/m0/s1. The van der Waals surface area contributed by atoms with Gasteiger partial charge in [0.1, 0.15) is 11.6 Å². The summed E-state index contributed by atoms with van der Waals surface area (Å²) in [5.74, 6) is -0.686. The topological polar surface area (TPSA) is 195 Å². The summed E-state index contributed by atoms with van der Waals surface area (Å²) >= 11 is 0. The van der Waals surface area contributed by atoms with E-state index in [0.29, 0.717) is 11.3 Å². The van der Waals surface area contributed by atoms with Crippen molar-refractivity contribution in [1.82, 2.24) is 39.7 Å². The zero-order valence-corrected chi connectivity index (χ0v) is 17.7. The number of nitrogen functional groups attached to an aromatic ring is 1. The molecule has 1 aliphatic heterocycles. The van der Waals surface area contributed by atoms with E-state index in [2.05, 4.69) is 30.6 Å². The third-order valence-electron chi connectivity index (χ3n) is 4.99. The molecule has 4 heterocycles. The van der Waals surface area contributed by atoms with Crippen molar-refractivity contribution in [1.29, 1.82) is 0 Å². The molecule has 3 N–H and O–H groups in total. The van der Waals surface area contributed by atoms with Crippen LogP contribution in [0.1, 0.15) is 31.8 Å². The molecule has 0 unspecified atom stereocenters. The molecule has 0 bridgehead atoms. The molecule has 174 valence electrons. The first-order valence-electron chi connectivity index (χ1n) is 9.90. The molecule has 0 aromatic carbocycles. The molecular formula is C18H21N9O6. The minimum absolute atomic E-state index is 0.0511. The second-order valence-electron chi connectivity index (χ2n) is 7.20. The average molecular weight is 459 g/mol. The number of nitrogens with two attached hydrogens (primary N) is 1. The zero-order valence-electron chi connectivity index (χ0n) is 17.7. The number of methoxy groups -OCH3 is 1. The van der Waals surface area contributed by atoms with Gasteiger partial charge in [-0.3, -0.25) is 14.2 Å². The Hall–Kier alpha value is -4.14. The van der Waals surface area contributed by atoms with Gasteiger partial charge in [-0.1, -0.05) is 6.08 Å². The summed E-state index contributed by atoms with van der Waals surface area (Å²) < 4.78 is 18.7. The molecule has 0 aliphatic carbocycles. The Morgan fingerprint density at radius 1 is 1.42 bits per heavy atom. The van der Waals surface area contributed by atoms with E-state index in [-0.39, 0.29) is 31.0 Å². The largest absolute Gasteiger partial charge is 0.469 e. The van der Waals surface area contributed by atoms with E-state index in [1.54, 1.807) is 12.2 Å². The van der Waals surface area contributed by atoms with Crippen molar-refractivity contribution in [2.45, 2.75) is 44.7 Å². The maximum atomic E-state index is 13.4. The Balaban J connectivity index is 1.74. The predicted molar refractivity (Wildman–Crippen MR) is 110 cm³/mol. The number of ether oxygens (including phenoxy) is 3. The van der Waals surface area contributed by atoms with Crippen molar-refractivity contribution in [2.24, 2.45) is 0 Å². The summed E-state index contributed by atoms with van der Waals surface area (Å²) in [5, 5.41) is 13.3. The van der Waals surface area contributed by atoms with Crippen molar-refractivity contribution in [3.8, 4) is 0 Å². The molecule has 0 radical (unpaired) electrons. The minimum atomic E-state index is -1.03. The molecule has 3 atom stereocenters. The first-order valence-corrected chi connectivity index (χ1v) is 9.90. The highest BCUT2D eigenvalue weighted by molar-refractivity contribution is 5.72. The quantitative estimate of drug-likeness (QED) is 0.417. The fraction of sp³-hybridized carbons (Fsp3) is 0.444. The maximum absolute atomic E-state index is 13.4. The molecule has 4 rings (SSSR count). The van der Waals surface area contributed by atoms with Gasteiger partial charge in [-0.25, -0.2) is 19.4 Å². The lowest BCUT2D eigenvalue weighted by atomic mass is 10.1. The molecule has 0 saturated carbocycles. The maximum Gasteiger partial charge on any atom is 0.332 e. The van der Waals surface area contributed by atoms with Gasteiger partial charge >= 0.3 is 17.6 Å². The Morgan fingerprint density at radius 2 is 2.24 bits per heavy atom. The second kappa shape index (κ2) is 9.15. The predicted octanol–water partition coefficient (Wildman–Crippen LogP) is -0.816. The summed E-state index contributed by atoms with van der Waals surface area (Å²) in [4.78, 5) is 45.0. The highest BCUT2D eigenvalue weighted by Crippen LogP contribution is 2.34. The van der Waals surface area contributed by atoms with Crippen molar-refractivity contribution < 1.29 is 23.8 Å². The van der Waals surface area contributed by atoms with Gasteiger partial charge in [-0.15, -0.1) is 5.10 Å². The van der Waals surface area contributed by atoms with E-state index >= 15 is 0 Å². The van der Waals surface area contributed by atoms with Crippen LogP contribution in [0.3, 0.4) is 0 Å². The number of nitrogens with one attached hydrogen (secondary N) is 1. The normalized spacial score (nSPS) is 20.5. The minimum Gasteiger partial charge on any atom is -0.469 e. The number of allylic oxidation sites excluding steroid dienone is 1. The monoisotopic (exact) mass is 459 g/mol. The first-order chi connectivity index (χ1) is 15.9. The number of carbonyl (C=O) groups excluding carboxylic acids is 2. The van der Waals surface area contributed by atoms with Gasteiger partial charge in [-0.2, -0.15) is 4.98 Å². The number of esters is 2. The van der Waals surface area contributed by atoms with Crippen molar-refractivity contribution in [3.05, 3.63) is 28.6 Å². The lowest BCUT2D eigenvalue weighted by molar-refractivity contribution is -0.153. The summed E-state index contributed by atoms with van der Waals surface area (Å²) in [7, 11) is 1.26. The molecule has 0 spiro atoms. The first kappa shape index (κ1) is 22.1. The van der Waals surface area contributed by atoms with Crippen molar-refractivity contribution in [2.75, 3.05) is 12.8 Å². The third kappa shape index (κ3) is 4.57. The van der Waals surface area contributed by atoms with Gasteiger partial charge < -0.3 is 19.9 Å². The summed E-state index contributed by atoms with van der Waals surface area (Å²) in [6.07, 6.45) is 2.33. The van der Waals surface area contributed by atoms with Crippen LogP contribution in [0.5, 0.6) is 0 Å². The molecular weight excluding hydrogens is 438 g/mol. The van der Waals surface area contributed by atoms with Crippen molar-refractivity contribution >= 4 is 35.1 Å². The number of hydrogen-bond donors (Lipinski definition) is 2. The Morgan fingerprint density at radius 3 is 2.94 bits per heavy atom. The Labute approximate surface area is 185 Å². The van der Waals surface area contributed by atoms with Gasteiger partial charge in [0.15, 0.2) is 17.7 Å².